The molecule has 0 saturated carbocycles. The van der Waals surface area contributed by atoms with Gasteiger partial charge in [0, 0.05) is 13.2 Å². The third-order valence-electron chi connectivity index (χ3n) is 3.82. The second kappa shape index (κ2) is 5.69. The van der Waals surface area contributed by atoms with Crippen molar-refractivity contribution in [2.24, 2.45) is 0 Å². The molecule has 0 aliphatic carbocycles. The number of esters is 1. The summed E-state index contributed by atoms with van der Waals surface area (Å²) >= 11 is 0. The standard InChI is InChI=1S/C16H14F3N3O3/c1-3-25-14(23)15(24)11(16(17,18)19)8-22(2)13-12(15)20-9-6-4-5-7-10(9)21-13/h4-8,24H,3H2,1-2H3. The van der Waals surface area contributed by atoms with Crippen molar-refractivity contribution in [2.45, 2.75) is 18.7 Å². The number of ether oxygens (including phenoxy) is 1. The summed E-state index contributed by atoms with van der Waals surface area (Å²) in [7, 11) is 1.33. The van der Waals surface area contributed by atoms with E-state index in [9.17, 15) is 23.1 Å². The number of hydrogen-bond acceptors (Lipinski definition) is 6. The van der Waals surface area contributed by atoms with Crippen molar-refractivity contribution in [1.82, 2.24) is 9.97 Å². The zero-order valence-corrected chi connectivity index (χ0v) is 13.3. The monoisotopic (exact) mass is 353 g/mol. The molecule has 3 rings (SSSR count). The number of fused-ring (bicyclic) bond motifs is 2. The highest BCUT2D eigenvalue weighted by molar-refractivity contribution is 5.90. The van der Waals surface area contributed by atoms with Gasteiger partial charge in [-0.2, -0.15) is 13.2 Å². The molecule has 1 unspecified atom stereocenters. The highest BCUT2D eigenvalue weighted by Crippen LogP contribution is 2.46. The third-order valence-corrected chi connectivity index (χ3v) is 3.82. The molecule has 132 valence electrons. The fourth-order valence-electron chi connectivity index (χ4n) is 2.68. The van der Waals surface area contributed by atoms with Gasteiger partial charge in [0.15, 0.2) is 5.82 Å². The maximum absolute atomic E-state index is 13.5. The van der Waals surface area contributed by atoms with E-state index in [1.165, 1.54) is 20.0 Å². The summed E-state index contributed by atoms with van der Waals surface area (Å²) in [4.78, 5) is 21.7. The van der Waals surface area contributed by atoms with E-state index in [4.69, 9.17) is 4.74 Å². The van der Waals surface area contributed by atoms with Crippen molar-refractivity contribution in [3.8, 4) is 0 Å². The van der Waals surface area contributed by atoms with Crippen molar-refractivity contribution in [2.75, 3.05) is 18.6 Å². The van der Waals surface area contributed by atoms with Crippen LogP contribution in [0.4, 0.5) is 19.0 Å². The molecule has 0 amide bonds. The van der Waals surface area contributed by atoms with Crippen LogP contribution in [-0.2, 0) is 15.1 Å². The van der Waals surface area contributed by atoms with Crippen LogP contribution in [0.15, 0.2) is 36.0 Å². The summed E-state index contributed by atoms with van der Waals surface area (Å²) < 4.78 is 45.2. The van der Waals surface area contributed by atoms with Gasteiger partial charge in [-0.3, -0.25) is 0 Å². The summed E-state index contributed by atoms with van der Waals surface area (Å²) in [5.41, 5.74) is -4.41. The molecule has 2 aromatic rings. The Bertz CT molecular complexity index is 882. The zero-order chi connectivity index (χ0) is 18.4. The first-order valence-corrected chi connectivity index (χ1v) is 7.38. The van der Waals surface area contributed by atoms with Crippen LogP contribution in [-0.4, -0.2) is 40.9 Å². The lowest BCUT2D eigenvalue weighted by Crippen LogP contribution is -2.48. The van der Waals surface area contributed by atoms with Crippen LogP contribution in [0, 0.1) is 0 Å². The normalized spacial score (nSPS) is 20.2. The number of carbonyl (C=O) groups excluding carboxylic acids is 1. The quantitative estimate of drug-likeness (QED) is 0.835. The molecule has 0 fully saturated rings. The number of halogens is 3. The lowest BCUT2D eigenvalue weighted by molar-refractivity contribution is -0.174. The van der Waals surface area contributed by atoms with Crippen molar-refractivity contribution in [3.63, 3.8) is 0 Å². The molecule has 2 heterocycles. The molecule has 0 saturated heterocycles. The van der Waals surface area contributed by atoms with Gasteiger partial charge in [0.2, 0.25) is 5.60 Å². The average molecular weight is 353 g/mol. The molecule has 6 nitrogen and oxygen atoms in total. The molecule has 1 aliphatic heterocycles. The number of aromatic nitrogens is 2. The van der Waals surface area contributed by atoms with E-state index >= 15 is 0 Å². The van der Waals surface area contributed by atoms with Crippen LogP contribution in [0.5, 0.6) is 0 Å². The fourth-order valence-corrected chi connectivity index (χ4v) is 2.68. The first-order valence-electron chi connectivity index (χ1n) is 7.38. The molecule has 9 heteroatoms. The van der Waals surface area contributed by atoms with Crippen LogP contribution in [0.25, 0.3) is 11.0 Å². The van der Waals surface area contributed by atoms with E-state index in [1.807, 2.05) is 0 Å². The Morgan fingerprint density at radius 3 is 2.44 bits per heavy atom. The highest BCUT2D eigenvalue weighted by Gasteiger charge is 2.59. The van der Waals surface area contributed by atoms with Crippen LogP contribution in [0.3, 0.4) is 0 Å². The largest absolute Gasteiger partial charge is 0.463 e. The van der Waals surface area contributed by atoms with Gasteiger partial charge in [-0.1, -0.05) is 12.1 Å². The van der Waals surface area contributed by atoms with E-state index in [2.05, 4.69) is 9.97 Å². The summed E-state index contributed by atoms with van der Waals surface area (Å²) in [6, 6.07) is 6.48. The first-order chi connectivity index (χ1) is 11.7. The van der Waals surface area contributed by atoms with Crippen molar-refractivity contribution in [1.29, 1.82) is 0 Å². The number of carbonyl (C=O) groups is 1. The molecule has 0 bridgehead atoms. The Balaban J connectivity index is 2.33. The molecule has 1 N–H and O–H groups in total. The van der Waals surface area contributed by atoms with Gasteiger partial charge in [0.1, 0.15) is 5.69 Å². The second-order valence-electron chi connectivity index (χ2n) is 5.47. The fraction of sp³-hybridized carbons (Fsp3) is 0.312. The molecule has 25 heavy (non-hydrogen) atoms. The van der Waals surface area contributed by atoms with Gasteiger partial charge in [-0.05, 0) is 19.1 Å². The number of aliphatic hydroxyl groups is 1. The molecule has 0 spiro atoms. The minimum atomic E-state index is -4.97. The molecule has 1 atom stereocenters. The number of para-hydroxylation sites is 2. The van der Waals surface area contributed by atoms with Gasteiger partial charge < -0.3 is 14.7 Å². The maximum Gasteiger partial charge on any atom is 0.417 e. The Morgan fingerprint density at radius 1 is 1.28 bits per heavy atom. The lowest BCUT2D eigenvalue weighted by Gasteiger charge is -2.36. The van der Waals surface area contributed by atoms with Gasteiger partial charge in [-0.25, -0.2) is 14.8 Å². The minimum absolute atomic E-state index is 0.0535. The van der Waals surface area contributed by atoms with Crippen molar-refractivity contribution < 1.29 is 27.8 Å². The van der Waals surface area contributed by atoms with E-state index in [1.54, 1.807) is 18.2 Å². The van der Waals surface area contributed by atoms with Crippen LogP contribution in [0.1, 0.15) is 12.6 Å². The average Bonchev–Trinajstić information content (AvgIpc) is 2.56. The summed E-state index contributed by atoms with van der Waals surface area (Å²) in [6.07, 6.45) is -4.34. The molecule has 1 aliphatic rings. The van der Waals surface area contributed by atoms with Gasteiger partial charge >= 0.3 is 12.1 Å². The zero-order valence-electron chi connectivity index (χ0n) is 13.3. The summed E-state index contributed by atoms with van der Waals surface area (Å²) in [5.74, 6) is -1.50. The highest BCUT2D eigenvalue weighted by atomic mass is 19.4. The number of alkyl halides is 3. The smallest absolute Gasteiger partial charge is 0.417 e. The third kappa shape index (κ3) is 2.60. The van der Waals surface area contributed by atoms with E-state index in [0.717, 1.165) is 4.90 Å². The van der Waals surface area contributed by atoms with Gasteiger partial charge in [0.05, 0.1) is 23.2 Å². The van der Waals surface area contributed by atoms with E-state index in [-0.39, 0.29) is 17.9 Å². The second-order valence-corrected chi connectivity index (χ2v) is 5.47. The Kier molecular flexibility index (Phi) is 3.91. The SMILES string of the molecule is CCOC(=O)C1(O)C(C(F)(F)F)=CN(C)c2nc3ccccc3nc21. The first kappa shape index (κ1) is 17.2. The maximum atomic E-state index is 13.5. The topological polar surface area (TPSA) is 75.6 Å². The van der Waals surface area contributed by atoms with E-state index < -0.39 is 29.0 Å². The molecule has 0 radical (unpaired) electrons. The number of anilines is 1. The number of hydrogen-bond donors (Lipinski definition) is 1. The van der Waals surface area contributed by atoms with Crippen LogP contribution >= 0.6 is 0 Å². The molecular weight excluding hydrogens is 339 g/mol. The Labute approximate surface area is 140 Å². The van der Waals surface area contributed by atoms with Crippen LogP contribution < -0.4 is 4.90 Å². The van der Waals surface area contributed by atoms with Gasteiger partial charge in [0.25, 0.3) is 0 Å². The predicted octanol–water partition coefficient (Wildman–Crippen LogP) is 2.28. The van der Waals surface area contributed by atoms with Crippen molar-refractivity contribution >= 4 is 22.8 Å². The van der Waals surface area contributed by atoms with E-state index in [0.29, 0.717) is 11.7 Å². The molecule has 1 aromatic heterocycles. The van der Waals surface area contributed by atoms with Gasteiger partial charge in [-0.15, -0.1) is 0 Å². The Morgan fingerprint density at radius 2 is 1.88 bits per heavy atom. The minimum Gasteiger partial charge on any atom is -0.463 e. The van der Waals surface area contributed by atoms with Crippen LogP contribution in [0.2, 0.25) is 0 Å². The number of rotatable bonds is 2. The Hall–Kier alpha value is -2.68. The lowest BCUT2D eigenvalue weighted by atomic mass is 9.87. The predicted molar refractivity (Wildman–Crippen MR) is 82.6 cm³/mol. The number of benzene rings is 1. The summed E-state index contributed by atoms with van der Waals surface area (Å²) in [5, 5.41) is 10.8. The number of nitrogens with zero attached hydrogens (tertiary/aromatic N) is 3. The van der Waals surface area contributed by atoms with Crippen molar-refractivity contribution in [3.05, 3.63) is 41.7 Å². The molecule has 1 aromatic carbocycles. The summed E-state index contributed by atoms with van der Waals surface area (Å²) in [6.45, 7) is 1.23. The molecular formula is C16H14F3N3O3.